The van der Waals surface area contributed by atoms with E-state index in [2.05, 4.69) is 10.3 Å². The Bertz CT molecular complexity index is 445. The lowest BCUT2D eigenvalue weighted by molar-refractivity contribution is -0.169. The van der Waals surface area contributed by atoms with Crippen molar-refractivity contribution >= 4 is 5.69 Å². The summed E-state index contributed by atoms with van der Waals surface area (Å²) in [7, 11) is 0. The van der Waals surface area contributed by atoms with Crippen LogP contribution in [0.15, 0.2) is 12.1 Å². The van der Waals surface area contributed by atoms with E-state index in [1.165, 1.54) is 0 Å². The van der Waals surface area contributed by atoms with Crippen molar-refractivity contribution in [3.8, 4) is 0 Å². The van der Waals surface area contributed by atoms with Gasteiger partial charge in [-0.3, -0.25) is 4.98 Å². The zero-order valence-electron chi connectivity index (χ0n) is 11.1. The van der Waals surface area contributed by atoms with Gasteiger partial charge in [-0.1, -0.05) is 0 Å². The van der Waals surface area contributed by atoms with Crippen molar-refractivity contribution in [1.82, 2.24) is 10.3 Å². The Morgan fingerprint density at radius 3 is 2.68 bits per heavy atom. The molecule has 0 radical (unpaired) electrons. The largest absolute Gasteiger partial charge is 0.394 e. The number of halogens is 3. The maximum Gasteiger partial charge on any atom is 0.394 e. The monoisotopic (exact) mass is 273 g/mol. The number of nitrogens with one attached hydrogen (secondary N) is 1. The first-order chi connectivity index (χ1) is 8.88. The highest BCUT2D eigenvalue weighted by Crippen LogP contribution is 2.29. The van der Waals surface area contributed by atoms with Crippen LogP contribution in [0.4, 0.5) is 18.9 Å². The number of rotatable bonds is 1. The molecule has 2 heterocycles. The van der Waals surface area contributed by atoms with Gasteiger partial charge in [-0.2, -0.15) is 13.2 Å². The molecule has 0 aliphatic carbocycles. The minimum Gasteiger partial charge on any atom is -0.368 e. The molecule has 6 heteroatoms. The van der Waals surface area contributed by atoms with Crippen LogP contribution in [0, 0.1) is 19.8 Å². The van der Waals surface area contributed by atoms with Gasteiger partial charge < -0.3 is 10.2 Å². The number of aryl methyl sites for hydroxylation is 2. The zero-order valence-corrected chi connectivity index (χ0v) is 11.1. The molecule has 1 aliphatic rings. The van der Waals surface area contributed by atoms with E-state index in [-0.39, 0.29) is 13.1 Å². The molecule has 0 aromatic carbocycles. The molecule has 1 aliphatic heterocycles. The second-order valence-corrected chi connectivity index (χ2v) is 4.95. The molecule has 1 fully saturated rings. The number of alkyl halides is 3. The highest BCUT2D eigenvalue weighted by molar-refractivity contribution is 5.51. The Morgan fingerprint density at radius 2 is 2.05 bits per heavy atom. The van der Waals surface area contributed by atoms with E-state index in [0.29, 0.717) is 13.1 Å². The first kappa shape index (κ1) is 14.1. The Hall–Kier alpha value is -1.30. The molecule has 19 heavy (non-hydrogen) atoms. The lowest BCUT2D eigenvalue weighted by Gasteiger charge is -2.28. The molecule has 1 atom stereocenters. The summed E-state index contributed by atoms with van der Waals surface area (Å²) in [5.74, 6) is -1.34. The van der Waals surface area contributed by atoms with Crippen molar-refractivity contribution in [3.05, 3.63) is 23.5 Å². The Kier molecular flexibility index (Phi) is 3.99. The number of hydrogen-bond acceptors (Lipinski definition) is 3. The van der Waals surface area contributed by atoms with E-state index in [1.807, 2.05) is 26.0 Å². The van der Waals surface area contributed by atoms with Gasteiger partial charge >= 0.3 is 6.18 Å². The summed E-state index contributed by atoms with van der Waals surface area (Å²) in [6, 6.07) is 3.69. The molecule has 3 nitrogen and oxygen atoms in total. The summed E-state index contributed by atoms with van der Waals surface area (Å²) in [6.45, 7) is 4.81. The molecule has 2 rings (SSSR count). The normalized spacial score (nSPS) is 21.3. The van der Waals surface area contributed by atoms with Crippen LogP contribution in [0.3, 0.4) is 0 Å². The summed E-state index contributed by atoms with van der Waals surface area (Å²) in [6.07, 6.45) is -4.17. The van der Waals surface area contributed by atoms with Crippen molar-refractivity contribution in [3.63, 3.8) is 0 Å². The van der Waals surface area contributed by atoms with Gasteiger partial charge in [0.1, 0.15) is 0 Å². The van der Waals surface area contributed by atoms with Crippen LogP contribution in [0.5, 0.6) is 0 Å². The summed E-state index contributed by atoms with van der Waals surface area (Å²) < 4.78 is 38.7. The van der Waals surface area contributed by atoms with Gasteiger partial charge in [0.2, 0.25) is 0 Å². The van der Waals surface area contributed by atoms with E-state index < -0.39 is 12.1 Å². The van der Waals surface area contributed by atoms with Gasteiger partial charge in [-0.05, 0) is 26.0 Å². The van der Waals surface area contributed by atoms with Gasteiger partial charge in [-0.25, -0.2) is 0 Å². The lowest BCUT2D eigenvalue weighted by atomic mass is 10.1. The first-order valence-corrected chi connectivity index (χ1v) is 6.34. The SMILES string of the molecule is Cc1ccc(N2CCNCC(C(F)(F)F)C2)c(C)n1. The fraction of sp³-hybridized carbons (Fsp3) is 0.615. The van der Waals surface area contributed by atoms with Crippen molar-refractivity contribution < 1.29 is 13.2 Å². The van der Waals surface area contributed by atoms with Crippen LogP contribution in [0.2, 0.25) is 0 Å². The summed E-state index contributed by atoms with van der Waals surface area (Å²) in [5.41, 5.74) is 2.45. The molecule has 1 aromatic rings. The van der Waals surface area contributed by atoms with Crippen LogP contribution < -0.4 is 10.2 Å². The summed E-state index contributed by atoms with van der Waals surface area (Å²) in [4.78, 5) is 6.10. The van der Waals surface area contributed by atoms with Gasteiger partial charge in [0.15, 0.2) is 0 Å². The Balaban J connectivity index is 2.22. The average Bonchev–Trinajstić information content (AvgIpc) is 2.54. The highest BCUT2D eigenvalue weighted by Gasteiger charge is 2.41. The molecule has 0 saturated carbocycles. The molecule has 0 spiro atoms. The third-order valence-corrected chi connectivity index (χ3v) is 3.39. The minimum absolute atomic E-state index is 0.0118. The van der Waals surface area contributed by atoms with Crippen molar-refractivity contribution in [2.24, 2.45) is 5.92 Å². The third kappa shape index (κ3) is 3.37. The van der Waals surface area contributed by atoms with Crippen molar-refractivity contribution in [1.29, 1.82) is 0 Å². The molecular formula is C13H18F3N3. The second-order valence-electron chi connectivity index (χ2n) is 4.95. The highest BCUT2D eigenvalue weighted by atomic mass is 19.4. The third-order valence-electron chi connectivity index (χ3n) is 3.39. The lowest BCUT2D eigenvalue weighted by Crippen LogP contribution is -2.38. The number of pyridine rings is 1. The Labute approximate surface area is 110 Å². The minimum atomic E-state index is -4.17. The molecule has 1 N–H and O–H groups in total. The molecule has 106 valence electrons. The van der Waals surface area contributed by atoms with Gasteiger partial charge in [0.25, 0.3) is 0 Å². The number of aromatic nitrogens is 1. The molecule has 0 bridgehead atoms. The maximum atomic E-state index is 12.9. The topological polar surface area (TPSA) is 28.2 Å². The first-order valence-electron chi connectivity index (χ1n) is 6.34. The summed E-state index contributed by atoms with van der Waals surface area (Å²) in [5, 5.41) is 2.85. The fourth-order valence-electron chi connectivity index (χ4n) is 2.36. The van der Waals surface area contributed by atoms with E-state index in [4.69, 9.17) is 0 Å². The van der Waals surface area contributed by atoms with E-state index >= 15 is 0 Å². The predicted octanol–water partition coefficient (Wildman–Crippen LogP) is 2.29. The van der Waals surface area contributed by atoms with Crippen LogP contribution in [-0.4, -0.2) is 37.3 Å². The number of nitrogens with zero attached hydrogens (tertiary/aromatic N) is 2. The zero-order chi connectivity index (χ0) is 14.0. The number of anilines is 1. The fourth-order valence-corrected chi connectivity index (χ4v) is 2.36. The Morgan fingerprint density at radius 1 is 1.32 bits per heavy atom. The van der Waals surface area contributed by atoms with Crippen LogP contribution in [0.1, 0.15) is 11.4 Å². The van der Waals surface area contributed by atoms with Crippen molar-refractivity contribution in [2.75, 3.05) is 31.1 Å². The number of hydrogen-bond donors (Lipinski definition) is 1. The van der Waals surface area contributed by atoms with Crippen LogP contribution in [-0.2, 0) is 0 Å². The molecule has 0 amide bonds. The van der Waals surface area contributed by atoms with Gasteiger partial charge in [0.05, 0.1) is 17.3 Å². The average molecular weight is 273 g/mol. The predicted molar refractivity (Wildman–Crippen MR) is 68.3 cm³/mol. The van der Waals surface area contributed by atoms with Crippen molar-refractivity contribution in [2.45, 2.75) is 20.0 Å². The maximum absolute atomic E-state index is 12.9. The van der Waals surface area contributed by atoms with E-state index in [1.54, 1.807) is 4.90 Å². The molecule has 1 unspecified atom stereocenters. The molecular weight excluding hydrogens is 255 g/mol. The van der Waals surface area contributed by atoms with E-state index in [0.717, 1.165) is 17.1 Å². The standard InChI is InChI=1S/C13H18F3N3/c1-9-3-4-12(10(2)18-9)19-6-5-17-7-11(8-19)13(14,15)16/h3-4,11,17H,5-8H2,1-2H3. The van der Waals surface area contributed by atoms with E-state index in [9.17, 15) is 13.2 Å². The van der Waals surface area contributed by atoms with Gasteiger partial charge in [-0.15, -0.1) is 0 Å². The van der Waals surface area contributed by atoms with Crippen LogP contribution >= 0.6 is 0 Å². The summed E-state index contributed by atoms with van der Waals surface area (Å²) >= 11 is 0. The molecule has 1 saturated heterocycles. The van der Waals surface area contributed by atoms with Crippen LogP contribution in [0.25, 0.3) is 0 Å². The smallest absolute Gasteiger partial charge is 0.368 e. The van der Waals surface area contributed by atoms with Gasteiger partial charge in [0, 0.05) is 31.9 Å². The molecule has 1 aromatic heterocycles. The second kappa shape index (κ2) is 5.36. The quantitative estimate of drug-likeness (QED) is 0.851.